The Hall–Kier alpha value is -0.560. The van der Waals surface area contributed by atoms with Gasteiger partial charge in [0, 0.05) is 7.05 Å². The summed E-state index contributed by atoms with van der Waals surface area (Å²) in [6.07, 6.45) is -3.89. The van der Waals surface area contributed by atoms with Crippen molar-refractivity contribution in [2.45, 2.75) is 18.6 Å². The van der Waals surface area contributed by atoms with E-state index < -0.39 is 18.6 Å². The fourth-order valence-electron chi connectivity index (χ4n) is 1.18. The molecule has 0 fully saturated rings. The lowest BCUT2D eigenvalue weighted by molar-refractivity contribution is -0.138. The van der Waals surface area contributed by atoms with Crippen LogP contribution in [-0.4, -0.2) is 16.0 Å². The summed E-state index contributed by atoms with van der Waals surface area (Å²) < 4.78 is 37.9. The van der Waals surface area contributed by atoms with Crippen LogP contribution in [0.5, 0.6) is 0 Å². The number of aromatic nitrogens is 2. The second kappa shape index (κ2) is 3.90. The Kier molecular flexibility index (Phi) is 3.20. The molecule has 1 rings (SSSR count). The minimum atomic E-state index is -4.26. The first-order valence-corrected chi connectivity index (χ1v) is 4.60. The fourth-order valence-corrected chi connectivity index (χ4v) is 1.83. The van der Waals surface area contributed by atoms with E-state index in [4.69, 9.17) is 5.73 Å². The number of nitrogens with zero attached hydrogens (tertiary/aromatic N) is 2. The second-order valence-corrected chi connectivity index (χ2v) is 3.78. The SMILES string of the molecule is Cn1ncc(Br)c1C(N)CC(F)(F)F. The molecule has 0 amide bonds. The fraction of sp³-hybridized carbons (Fsp3) is 0.571. The Bertz CT molecular complexity index is 301. The van der Waals surface area contributed by atoms with Crippen LogP contribution in [0.2, 0.25) is 0 Å². The minimum absolute atomic E-state index is 0.349. The van der Waals surface area contributed by atoms with E-state index in [2.05, 4.69) is 21.0 Å². The smallest absolute Gasteiger partial charge is 0.322 e. The molecule has 3 nitrogen and oxygen atoms in total. The zero-order valence-electron chi connectivity index (χ0n) is 7.35. The molecule has 0 spiro atoms. The molecule has 14 heavy (non-hydrogen) atoms. The monoisotopic (exact) mass is 271 g/mol. The van der Waals surface area contributed by atoms with Crippen molar-refractivity contribution in [1.82, 2.24) is 9.78 Å². The van der Waals surface area contributed by atoms with Gasteiger partial charge in [-0.1, -0.05) is 0 Å². The maximum Gasteiger partial charge on any atom is 0.390 e. The van der Waals surface area contributed by atoms with Crippen molar-refractivity contribution in [1.29, 1.82) is 0 Å². The molecule has 7 heteroatoms. The number of alkyl halides is 3. The molecule has 1 heterocycles. The van der Waals surface area contributed by atoms with E-state index in [9.17, 15) is 13.2 Å². The van der Waals surface area contributed by atoms with Crippen molar-refractivity contribution >= 4 is 15.9 Å². The van der Waals surface area contributed by atoms with Crippen molar-refractivity contribution in [3.05, 3.63) is 16.4 Å². The molecule has 2 N–H and O–H groups in total. The van der Waals surface area contributed by atoms with Gasteiger partial charge in [-0.05, 0) is 15.9 Å². The maximum absolute atomic E-state index is 12.0. The van der Waals surface area contributed by atoms with E-state index in [1.807, 2.05) is 0 Å². The van der Waals surface area contributed by atoms with E-state index in [1.54, 1.807) is 7.05 Å². The third kappa shape index (κ3) is 2.71. The van der Waals surface area contributed by atoms with Crippen molar-refractivity contribution in [2.24, 2.45) is 12.8 Å². The quantitative estimate of drug-likeness (QED) is 0.896. The highest BCUT2D eigenvalue weighted by atomic mass is 79.9. The minimum Gasteiger partial charge on any atom is -0.322 e. The first-order valence-electron chi connectivity index (χ1n) is 3.81. The van der Waals surface area contributed by atoms with Gasteiger partial charge in [-0.25, -0.2) is 0 Å². The number of rotatable bonds is 2. The van der Waals surface area contributed by atoms with Crippen LogP contribution in [0.4, 0.5) is 13.2 Å². The summed E-state index contributed by atoms with van der Waals surface area (Å²) in [5.41, 5.74) is 5.77. The molecular weight excluding hydrogens is 263 g/mol. The van der Waals surface area contributed by atoms with Gasteiger partial charge in [0.05, 0.1) is 28.8 Å². The Morgan fingerprint density at radius 2 is 2.21 bits per heavy atom. The lowest BCUT2D eigenvalue weighted by Crippen LogP contribution is -2.22. The zero-order chi connectivity index (χ0) is 10.9. The molecule has 1 atom stereocenters. The summed E-state index contributed by atoms with van der Waals surface area (Å²) in [6, 6.07) is -1.09. The van der Waals surface area contributed by atoms with Crippen molar-refractivity contribution < 1.29 is 13.2 Å². The molecule has 80 valence electrons. The molecule has 0 aliphatic heterocycles. The van der Waals surface area contributed by atoms with Crippen molar-refractivity contribution in [3.8, 4) is 0 Å². The molecule has 0 radical (unpaired) electrons. The molecule has 0 aliphatic carbocycles. The second-order valence-electron chi connectivity index (χ2n) is 2.93. The van der Waals surface area contributed by atoms with Crippen molar-refractivity contribution in [3.63, 3.8) is 0 Å². The van der Waals surface area contributed by atoms with Crippen LogP contribution in [0.15, 0.2) is 10.7 Å². The predicted molar refractivity (Wildman–Crippen MR) is 48.5 cm³/mol. The standard InChI is InChI=1S/C7H9BrF3N3/c1-14-6(4(8)3-13-14)5(12)2-7(9,10)11/h3,5H,2,12H2,1H3. The summed E-state index contributed by atoms with van der Waals surface area (Å²) in [6.45, 7) is 0. The summed E-state index contributed by atoms with van der Waals surface area (Å²) in [7, 11) is 1.55. The van der Waals surface area contributed by atoms with Crippen LogP contribution in [0.3, 0.4) is 0 Å². The van der Waals surface area contributed by atoms with Gasteiger partial charge in [-0.3, -0.25) is 4.68 Å². The van der Waals surface area contributed by atoms with E-state index in [0.29, 0.717) is 10.2 Å². The van der Waals surface area contributed by atoms with Gasteiger partial charge in [0.2, 0.25) is 0 Å². The van der Waals surface area contributed by atoms with Crippen molar-refractivity contribution in [2.75, 3.05) is 0 Å². The highest BCUT2D eigenvalue weighted by molar-refractivity contribution is 9.10. The lowest BCUT2D eigenvalue weighted by Gasteiger charge is -2.14. The van der Waals surface area contributed by atoms with Gasteiger partial charge in [0.25, 0.3) is 0 Å². The number of hydrogen-bond acceptors (Lipinski definition) is 2. The first kappa shape index (κ1) is 11.5. The highest BCUT2D eigenvalue weighted by Crippen LogP contribution is 2.30. The van der Waals surface area contributed by atoms with Gasteiger partial charge in [-0.2, -0.15) is 18.3 Å². The van der Waals surface area contributed by atoms with Gasteiger partial charge in [0.1, 0.15) is 0 Å². The zero-order valence-corrected chi connectivity index (χ0v) is 8.93. The van der Waals surface area contributed by atoms with Crippen LogP contribution < -0.4 is 5.73 Å². The summed E-state index contributed by atoms with van der Waals surface area (Å²) in [5.74, 6) is 0. The van der Waals surface area contributed by atoms with Gasteiger partial charge in [0.15, 0.2) is 0 Å². The average Bonchev–Trinajstić information content (AvgIpc) is 2.27. The molecule has 0 saturated heterocycles. The Labute approximate surface area is 87.2 Å². The maximum atomic E-state index is 12.0. The highest BCUT2D eigenvalue weighted by Gasteiger charge is 2.32. The summed E-state index contributed by atoms with van der Waals surface area (Å²) >= 11 is 3.09. The third-order valence-electron chi connectivity index (χ3n) is 1.74. The van der Waals surface area contributed by atoms with Crippen LogP contribution in [0.25, 0.3) is 0 Å². The van der Waals surface area contributed by atoms with Crippen LogP contribution in [0, 0.1) is 0 Å². The molecule has 0 aliphatic rings. The predicted octanol–water partition coefficient (Wildman–Crippen LogP) is 2.13. The van der Waals surface area contributed by atoms with E-state index >= 15 is 0 Å². The number of halogens is 4. The lowest BCUT2D eigenvalue weighted by atomic mass is 10.1. The largest absolute Gasteiger partial charge is 0.390 e. The van der Waals surface area contributed by atoms with Gasteiger partial charge < -0.3 is 5.73 Å². The molecule has 1 unspecified atom stereocenters. The average molecular weight is 272 g/mol. The number of aryl methyl sites for hydroxylation is 1. The number of hydrogen-bond donors (Lipinski definition) is 1. The number of nitrogens with two attached hydrogens (primary N) is 1. The molecule has 0 bridgehead atoms. The van der Waals surface area contributed by atoms with E-state index in [1.165, 1.54) is 10.9 Å². The third-order valence-corrected chi connectivity index (χ3v) is 2.35. The van der Waals surface area contributed by atoms with Crippen LogP contribution in [0.1, 0.15) is 18.2 Å². The Balaban J connectivity index is 2.84. The van der Waals surface area contributed by atoms with Crippen LogP contribution in [-0.2, 0) is 7.05 Å². The van der Waals surface area contributed by atoms with E-state index in [-0.39, 0.29) is 0 Å². The van der Waals surface area contributed by atoms with Gasteiger partial charge >= 0.3 is 6.18 Å². The molecule has 1 aromatic heterocycles. The topological polar surface area (TPSA) is 43.8 Å². The normalized spacial score (nSPS) is 14.4. The van der Waals surface area contributed by atoms with Crippen LogP contribution >= 0.6 is 15.9 Å². The Morgan fingerprint density at radius 1 is 1.64 bits per heavy atom. The van der Waals surface area contributed by atoms with E-state index in [0.717, 1.165) is 0 Å². The van der Waals surface area contributed by atoms with Gasteiger partial charge in [-0.15, -0.1) is 0 Å². The Morgan fingerprint density at radius 3 is 2.57 bits per heavy atom. The summed E-state index contributed by atoms with van der Waals surface area (Å²) in [4.78, 5) is 0. The molecule has 1 aromatic rings. The molecule has 0 aromatic carbocycles. The molecule has 0 saturated carbocycles. The first-order chi connectivity index (χ1) is 6.31. The summed E-state index contributed by atoms with van der Waals surface area (Å²) in [5, 5.41) is 3.79. The molecular formula is C7H9BrF3N3.